The van der Waals surface area contributed by atoms with Crippen molar-refractivity contribution in [1.82, 2.24) is 20.8 Å². The zero-order valence-electron chi connectivity index (χ0n) is 13.0. The Kier molecular flexibility index (Phi) is 5.74. The van der Waals surface area contributed by atoms with Gasteiger partial charge in [0.2, 0.25) is 0 Å². The van der Waals surface area contributed by atoms with Crippen LogP contribution in [0.15, 0.2) is 30.3 Å². The van der Waals surface area contributed by atoms with Gasteiger partial charge in [-0.05, 0) is 12.1 Å². The zero-order chi connectivity index (χ0) is 15.9. The maximum absolute atomic E-state index is 11.9. The molecule has 0 bridgehead atoms. The van der Waals surface area contributed by atoms with Crippen LogP contribution >= 0.6 is 0 Å². The third-order valence-corrected chi connectivity index (χ3v) is 3.63. The second-order valence-corrected chi connectivity index (χ2v) is 5.13. The number of benzene rings is 1. The molecule has 0 radical (unpaired) electrons. The number of nitrogens with zero attached hydrogens (tertiary/aromatic N) is 2. The highest BCUT2D eigenvalue weighted by atomic mass is 16.2. The summed E-state index contributed by atoms with van der Waals surface area (Å²) < 4.78 is 0. The Balaban J connectivity index is 1.78. The molecule has 1 aliphatic heterocycles. The lowest BCUT2D eigenvalue weighted by molar-refractivity contribution is -0.139. The highest BCUT2D eigenvalue weighted by Gasteiger charge is 2.30. The maximum atomic E-state index is 11.9. The van der Waals surface area contributed by atoms with Gasteiger partial charge in [0, 0.05) is 26.2 Å². The van der Waals surface area contributed by atoms with Crippen molar-refractivity contribution in [3.63, 3.8) is 0 Å². The van der Waals surface area contributed by atoms with Gasteiger partial charge < -0.3 is 5.32 Å². The van der Waals surface area contributed by atoms with E-state index in [2.05, 4.69) is 40.0 Å². The zero-order valence-corrected chi connectivity index (χ0v) is 13.0. The first-order valence-electron chi connectivity index (χ1n) is 7.55. The number of likely N-dealkylation sites (N-methyl/N-ethyl adjacent to an activating group) is 2. The average Bonchev–Trinajstić information content (AvgIpc) is 2.95. The van der Waals surface area contributed by atoms with Crippen LogP contribution in [0, 0.1) is 0 Å². The summed E-state index contributed by atoms with van der Waals surface area (Å²) in [5, 5.41) is 7.11. The molecule has 1 aromatic carbocycles. The minimum Gasteiger partial charge on any atom is -0.342 e. The average molecular weight is 305 g/mol. The van der Waals surface area contributed by atoms with Crippen LogP contribution < -0.4 is 16.2 Å². The summed E-state index contributed by atoms with van der Waals surface area (Å²) in [6.07, 6.45) is 0. The first-order chi connectivity index (χ1) is 10.6. The molecule has 2 rings (SSSR count). The fourth-order valence-corrected chi connectivity index (χ4v) is 2.51. The Morgan fingerprint density at radius 1 is 1.05 bits per heavy atom. The normalized spacial score (nSPS) is 16.5. The summed E-state index contributed by atoms with van der Waals surface area (Å²) in [7, 11) is 0. The van der Waals surface area contributed by atoms with Crippen molar-refractivity contribution >= 4 is 17.5 Å². The molecule has 0 atom stereocenters. The molecule has 3 N–H and O–H groups in total. The molecule has 0 unspecified atom stereocenters. The summed E-state index contributed by atoms with van der Waals surface area (Å²) in [4.78, 5) is 23.7. The number of para-hydroxylation sites is 1. The second kappa shape index (κ2) is 7.77. The van der Waals surface area contributed by atoms with Crippen molar-refractivity contribution in [1.29, 1.82) is 0 Å². The Bertz CT molecular complexity index is 496. The smallest absolute Gasteiger partial charge is 0.327 e. The molecule has 1 aromatic rings. The Morgan fingerprint density at radius 3 is 2.18 bits per heavy atom. The first-order valence-corrected chi connectivity index (χ1v) is 7.55. The summed E-state index contributed by atoms with van der Waals surface area (Å²) in [6, 6.07) is 9.12. The molecule has 1 fully saturated rings. The third-order valence-electron chi connectivity index (χ3n) is 3.63. The molecule has 120 valence electrons. The van der Waals surface area contributed by atoms with E-state index in [-0.39, 0.29) is 6.04 Å². The Labute approximate surface area is 130 Å². The number of carbonyl (C=O) groups excluding carboxylic acids is 2. The van der Waals surface area contributed by atoms with E-state index in [9.17, 15) is 9.59 Å². The molecule has 0 spiro atoms. The molecule has 2 amide bonds. The van der Waals surface area contributed by atoms with E-state index >= 15 is 0 Å². The molecule has 0 saturated carbocycles. The summed E-state index contributed by atoms with van der Waals surface area (Å²) in [5.41, 5.74) is 5.82. The van der Waals surface area contributed by atoms with Crippen molar-refractivity contribution in [2.45, 2.75) is 19.9 Å². The van der Waals surface area contributed by atoms with E-state index < -0.39 is 11.8 Å². The van der Waals surface area contributed by atoms with Crippen LogP contribution in [-0.2, 0) is 9.59 Å². The van der Waals surface area contributed by atoms with Crippen molar-refractivity contribution < 1.29 is 9.59 Å². The minimum absolute atomic E-state index is 0.0325. The molecular weight excluding hydrogens is 282 g/mol. The minimum atomic E-state index is -0.693. The van der Waals surface area contributed by atoms with E-state index in [1.807, 2.05) is 18.2 Å². The van der Waals surface area contributed by atoms with Crippen molar-refractivity contribution in [3.05, 3.63) is 30.3 Å². The number of nitrogens with one attached hydrogen (secondary N) is 3. The maximum Gasteiger partial charge on any atom is 0.327 e. The van der Waals surface area contributed by atoms with Gasteiger partial charge in [-0.25, -0.2) is 10.0 Å². The van der Waals surface area contributed by atoms with E-state index in [4.69, 9.17) is 0 Å². The van der Waals surface area contributed by atoms with Gasteiger partial charge in [0.25, 0.3) is 0 Å². The predicted octanol–water partition coefficient (Wildman–Crippen LogP) is 0.187. The molecule has 1 saturated heterocycles. The van der Waals surface area contributed by atoms with Crippen LogP contribution in [-0.4, -0.2) is 54.1 Å². The lowest BCUT2D eigenvalue weighted by atomic mass is 10.3. The molecule has 0 aromatic heterocycles. The Hall–Kier alpha value is -2.12. The number of hydrogen-bond donors (Lipinski definition) is 3. The standard InChI is InChI=1S/C15H23N5O2/c1-3-19-10-13(11-20(19)4-2)16-14(21)15(22)18-17-12-8-6-5-7-9-12/h5-9,13,17H,3-4,10-11H2,1-2H3,(H,16,21)(H,18,22). The van der Waals surface area contributed by atoms with Crippen LogP contribution in [0.1, 0.15) is 13.8 Å². The molecule has 22 heavy (non-hydrogen) atoms. The fourth-order valence-electron chi connectivity index (χ4n) is 2.51. The Morgan fingerprint density at radius 2 is 1.64 bits per heavy atom. The van der Waals surface area contributed by atoms with Gasteiger partial charge in [-0.15, -0.1) is 0 Å². The van der Waals surface area contributed by atoms with Gasteiger partial charge in [0.05, 0.1) is 11.7 Å². The first kappa shape index (κ1) is 16.3. The van der Waals surface area contributed by atoms with Crippen molar-refractivity contribution in [2.24, 2.45) is 0 Å². The molecule has 7 nitrogen and oxygen atoms in total. The highest BCUT2D eigenvalue weighted by Crippen LogP contribution is 2.09. The topological polar surface area (TPSA) is 76.7 Å². The van der Waals surface area contributed by atoms with Gasteiger partial charge in [0.1, 0.15) is 0 Å². The van der Waals surface area contributed by atoms with Crippen LogP contribution in [0.25, 0.3) is 0 Å². The van der Waals surface area contributed by atoms with E-state index in [1.54, 1.807) is 12.1 Å². The number of hydrazine groups is 2. The van der Waals surface area contributed by atoms with E-state index in [0.29, 0.717) is 0 Å². The van der Waals surface area contributed by atoms with Gasteiger partial charge in [-0.1, -0.05) is 32.0 Å². The second-order valence-electron chi connectivity index (χ2n) is 5.13. The van der Waals surface area contributed by atoms with E-state index in [1.165, 1.54) is 0 Å². The number of anilines is 1. The summed E-state index contributed by atoms with van der Waals surface area (Å²) in [6.45, 7) is 7.39. The molecular formula is C15H23N5O2. The van der Waals surface area contributed by atoms with Crippen LogP contribution in [0.3, 0.4) is 0 Å². The van der Waals surface area contributed by atoms with Crippen molar-refractivity contribution in [3.8, 4) is 0 Å². The number of carbonyl (C=O) groups is 2. The number of rotatable bonds is 5. The lowest BCUT2D eigenvalue weighted by Crippen LogP contribution is -2.47. The van der Waals surface area contributed by atoms with Gasteiger partial charge >= 0.3 is 11.8 Å². The van der Waals surface area contributed by atoms with Gasteiger partial charge in [0.15, 0.2) is 0 Å². The highest BCUT2D eigenvalue weighted by molar-refractivity contribution is 6.35. The fraction of sp³-hybridized carbons (Fsp3) is 0.467. The summed E-state index contributed by atoms with van der Waals surface area (Å²) in [5.74, 6) is -1.32. The van der Waals surface area contributed by atoms with Gasteiger partial charge in [-0.3, -0.25) is 20.4 Å². The third kappa shape index (κ3) is 4.19. The predicted molar refractivity (Wildman–Crippen MR) is 84.6 cm³/mol. The molecule has 7 heteroatoms. The van der Waals surface area contributed by atoms with Crippen LogP contribution in [0.4, 0.5) is 5.69 Å². The van der Waals surface area contributed by atoms with Crippen LogP contribution in [0.5, 0.6) is 0 Å². The SMILES string of the molecule is CCN1CC(NC(=O)C(=O)NNc2ccccc2)CN1CC. The summed E-state index contributed by atoms with van der Waals surface area (Å²) >= 11 is 0. The van der Waals surface area contributed by atoms with E-state index in [0.717, 1.165) is 31.9 Å². The van der Waals surface area contributed by atoms with Gasteiger partial charge in [-0.2, -0.15) is 0 Å². The largest absolute Gasteiger partial charge is 0.342 e. The monoisotopic (exact) mass is 305 g/mol. The van der Waals surface area contributed by atoms with Crippen LogP contribution in [0.2, 0.25) is 0 Å². The molecule has 1 heterocycles. The lowest BCUT2D eigenvalue weighted by Gasteiger charge is -2.24. The molecule has 0 aliphatic carbocycles. The quantitative estimate of drug-likeness (QED) is 0.535. The van der Waals surface area contributed by atoms with Crippen molar-refractivity contribution in [2.75, 3.05) is 31.6 Å². The molecule has 1 aliphatic rings. The number of hydrogen-bond acceptors (Lipinski definition) is 5. The number of amides is 2.